The van der Waals surface area contributed by atoms with E-state index in [2.05, 4.69) is 16.9 Å². The van der Waals surface area contributed by atoms with Gasteiger partial charge in [-0.1, -0.05) is 18.2 Å². The summed E-state index contributed by atoms with van der Waals surface area (Å²) in [5, 5.41) is 2.30. The van der Waals surface area contributed by atoms with Crippen molar-refractivity contribution >= 4 is 38.9 Å². The van der Waals surface area contributed by atoms with Crippen molar-refractivity contribution in [1.82, 2.24) is 4.98 Å². The van der Waals surface area contributed by atoms with E-state index >= 15 is 0 Å². The summed E-state index contributed by atoms with van der Waals surface area (Å²) in [6.07, 6.45) is 1.23. The van der Waals surface area contributed by atoms with Gasteiger partial charge in [0.1, 0.15) is 23.9 Å². The quantitative estimate of drug-likeness (QED) is 0.548. The van der Waals surface area contributed by atoms with Crippen molar-refractivity contribution in [3.8, 4) is 5.88 Å². The van der Waals surface area contributed by atoms with Crippen molar-refractivity contribution in [3.63, 3.8) is 0 Å². The van der Waals surface area contributed by atoms with Crippen molar-refractivity contribution < 1.29 is 26.7 Å². The minimum absolute atomic E-state index is 0.0288. The Kier molecular flexibility index (Phi) is 6.09. The summed E-state index contributed by atoms with van der Waals surface area (Å²) in [6, 6.07) is 5.69. The largest absolute Gasteiger partial charge is 0.474 e. The first-order valence-corrected chi connectivity index (χ1v) is 10.4. The van der Waals surface area contributed by atoms with E-state index in [1.807, 2.05) is 0 Å². The number of carbonyl (C=O) groups is 1. The van der Waals surface area contributed by atoms with Crippen LogP contribution in [0.5, 0.6) is 5.88 Å². The number of sulfonamides is 1. The monoisotopic (exact) mass is 455 g/mol. The Morgan fingerprint density at radius 2 is 2.00 bits per heavy atom. The predicted molar refractivity (Wildman–Crippen MR) is 108 cm³/mol. The second-order valence-corrected chi connectivity index (χ2v) is 8.62. The van der Waals surface area contributed by atoms with E-state index in [0.29, 0.717) is 0 Å². The van der Waals surface area contributed by atoms with E-state index in [1.54, 1.807) is 0 Å². The fraction of sp³-hybridized carbons (Fsp3) is 0.158. The Morgan fingerprint density at radius 1 is 1.33 bits per heavy atom. The molecule has 1 aliphatic heterocycles. The zero-order valence-corrected chi connectivity index (χ0v) is 17.2. The summed E-state index contributed by atoms with van der Waals surface area (Å²) in [4.78, 5) is 16.2. The highest BCUT2D eigenvalue weighted by molar-refractivity contribution is 7.92. The highest BCUT2D eigenvalue weighted by Crippen LogP contribution is 2.35. The van der Waals surface area contributed by atoms with Gasteiger partial charge >= 0.3 is 0 Å². The molecule has 0 unspecified atom stereocenters. The minimum Gasteiger partial charge on any atom is -0.474 e. The van der Waals surface area contributed by atoms with Gasteiger partial charge in [0, 0.05) is 5.03 Å². The zero-order chi connectivity index (χ0) is 22.1. The van der Waals surface area contributed by atoms with Gasteiger partial charge < -0.3 is 10.1 Å². The van der Waals surface area contributed by atoms with E-state index in [4.69, 9.17) is 16.3 Å². The smallest absolute Gasteiger partial charge is 0.264 e. The molecule has 158 valence electrons. The number of hydrogen-bond donors (Lipinski definition) is 1. The van der Waals surface area contributed by atoms with Crippen LogP contribution >= 0.6 is 11.6 Å². The van der Waals surface area contributed by atoms with Gasteiger partial charge in [0.25, 0.3) is 15.9 Å². The third-order valence-corrected chi connectivity index (χ3v) is 6.15. The zero-order valence-electron chi connectivity index (χ0n) is 15.7. The average Bonchev–Trinajstić information content (AvgIpc) is 2.67. The third kappa shape index (κ3) is 4.29. The number of halogens is 3. The maximum Gasteiger partial charge on any atom is 0.264 e. The number of benzene rings is 1. The van der Waals surface area contributed by atoms with E-state index < -0.39 is 33.1 Å². The number of pyridine rings is 1. The van der Waals surface area contributed by atoms with Crippen molar-refractivity contribution in [1.29, 1.82) is 0 Å². The number of rotatable bonds is 5. The first kappa shape index (κ1) is 21.7. The molecule has 2 aromatic rings. The van der Waals surface area contributed by atoms with Crippen LogP contribution in [0.1, 0.15) is 6.92 Å². The topological polar surface area (TPSA) is 88.6 Å². The molecular weight excluding hydrogens is 440 g/mol. The van der Waals surface area contributed by atoms with E-state index in [9.17, 15) is 22.0 Å². The highest BCUT2D eigenvalue weighted by Gasteiger charge is 2.31. The summed E-state index contributed by atoms with van der Waals surface area (Å²) in [5.41, 5.74) is -0.294. The summed E-state index contributed by atoms with van der Waals surface area (Å²) >= 11 is 5.75. The number of nitrogens with zero attached hydrogens (tertiary/aromatic N) is 2. The first-order chi connectivity index (χ1) is 14.1. The molecule has 0 radical (unpaired) electrons. The molecule has 0 bridgehead atoms. The number of anilines is 2. The van der Waals surface area contributed by atoms with E-state index in [-0.39, 0.29) is 40.3 Å². The van der Waals surface area contributed by atoms with Crippen LogP contribution in [-0.2, 0) is 14.8 Å². The molecule has 0 fully saturated rings. The van der Waals surface area contributed by atoms with E-state index in [1.165, 1.54) is 19.2 Å². The summed E-state index contributed by atoms with van der Waals surface area (Å²) < 4.78 is 59.2. The fourth-order valence-corrected chi connectivity index (χ4v) is 4.42. The molecule has 1 aromatic heterocycles. The van der Waals surface area contributed by atoms with Crippen LogP contribution < -0.4 is 14.4 Å². The third-order valence-electron chi connectivity index (χ3n) is 4.14. The molecule has 2 heterocycles. The molecule has 0 atom stereocenters. The van der Waals surface area contributed by atoms with Crippen LogP contribution in [0.3, 0.4) is 0 Å². The molecule has 1 amide bonds. The Balaban J connectivity index is 1.97. The highest BCUT2D eigenvalue weighted by atomic mass is 35.5. The van der Waals surface area contributed by atoms with Crippen LogP contribution in [0.25, 0.3) is 0 Å². The Bertz CT molecular complexity index is 1150. The number of allylic oxidation sites excluding steroid dienone is 1. The SMILES string of the molecule is C=C(F)C(C(=O)Nc1cnc2c(c1)N(S(=O)(=O)c1ccc(F)cc1)CCO2)=C(C)Cl. The lowest BCUT2D eigenvalue weighted by Gasteiger charge is -2.30. The summed E-state index contributed by atoms with van der Waals surface area (Å²) in [7, 11) is -4.05. The Labute approximate surface area is 176 Å². The van der Waals surface area contributed by atoms with Gasteiger partial charge in [-0.3, -0.25) is 9.10 Å². The van der Waals surface area contributed by atoms with Crippen LogP contribution in [0.15, 0.2) is 64.4 Å². The minimum atomic E-state index is -4.05. The lowest BCUT2D eigenvalue weighted by Crippen LogP contribution is -2.38. The molecule has 11 heteroatoms. The van der Waals surface area contributed by atoms with Crippen molar-refractivity contribution in [2.45, 2.75) is 11.8 Å². The van der Waals surface area contributed by atoms with Crippen LogP contribution in [0, 0.1) is 5.82 Å². The van der Waals surface area contributed by atoms with E-state index in [0.717, 1.165) is 28.6 Å². The second-order valence-electron chi connectivity index (χ2n) is 6.20. The lowest BCUT2D eigenvalue weighted by atomic mass is 10.2. The Morgan fingerprint density at radius 3 is 2.60 bits per heavy atom. The number of aromatic nitrogens is 1. The van der Waals surface area contributed by atoms with Gasteiger partial charge in [0.2, 0.25) is 5.88 Å². The lowest BCUT2D eigenvalue weighted by molar-refractivity contribution is -0.112. The summed E-state index contributed by atoms with van der Waals surface area (Å²) in [6.45, 7) is 4.42. The molecule has 30 heavy (non-hydrogen) atoms. The molecule has 0 spiro atoms. The molecule has 1 aromatic carbocycles. The maximum absolute atomic E-state index is 13.5. The maximum atomic E-state index is 13.5. The van der Waals surface area contributed by atoms with Crippen LogP contribution in [0.4, 0.5) is 20.2 Å². The molecular formula is C19H16ClF2N3O4S. The first-order valence-electron chi connectivity index (χ1n) is 8.55. The normalized spacial score (nSPS) is 14.3. The number of carbonyl (C=O) groups excluding carboxylic acids is 1. The number of nitrogens with one attached hydrogen (secondary N) is 1. The van der Waals surface area contributed by atoms with Crippen LogP contribution in [0.2, 0.25) is 0 Å². The van der Waals surface area contributed by atoms with Crippen molar-refractivity contribution in [3.05, 3.63) is 65.4 Å². The van der Waals surface area contributed by atoms with Gasteiger partial charge in [-0.15, -0.1) is 0 Å². The molecule has 1 N–H and O–H groups in total. The van der Waals surface area contributed by atoms with Crippen molar-refractivity contribution in [2.75, 3.05) is 22.8 Å². The van der Waals surface area contributed by atoms with Crippen LogP contribution in [-0.4, -0.2) is 32.5 Å². The van der Waals surface area contributed by atoms with Gasteiger partial charge in [-0.2, -0.15) is 0 Å². The van der Waals surface area contributed by atoms with Gasteiger partial charge in [0.05, 0.1) is 28.9 Å². The molecule has 3 rings (SSSR count). The molecule has 0 saturated heterocycles. The predicted octanol–water partition coefficient (Wildman–Crippen LogP) is 3.74. The molecule has 7 nitrogen and oxygen atoms in total. The number of amides is 1. The summed E-state index contributed by atoms with van der Waals surface area (Å²) in [5.74, 6) is -2.43. The van der Waals surface area contributed by atoms with Gasteiger partial charge in [-0.05, 0) is 37.3 Å². The Hall–Kier alpha value is -2.98. The molecule has 1 aliphatic rings. The standard InChI is InChI=1S/C19H16ClF2N3O4S/c1-11(20)17(12(2)21)18(26)24-14-9-16-19(23-10-14)29-8-7-25(16)30(27,28)15-5-3-13(22)4-6-15/h3-6,9-10H,2,7-8H2,1H3,(H,24,26). The number of fused-ring (bicyclic) bond motifs is 1. The fourth-order valence-electron chi connectivity index (χ4n) is 2.79. The average molecular weight is 456 g/mol. The van der Waals surface area contributed by atoms with Gasteiger partial charge in [-0.25, -0.2) is 22.2 Å². The number of hydrogen-bond acceptors (Lipinski definition) is 5. The number of ether oxygens (including phenoxy) is 1. The molecule has 0 aliphatic carbocycles. The van der Waals surface area contributed by atoms with Gasteiger partial charge in [0.15, 0.2) is 0 Å². The second kappa shape index (κ2) is 8.41. The van der Waals surface area contributed by atoms with Crippen molar-refractivity contribution in [2.24, 2.45) is 0 Å². The molecule has 0 saturated carbocycles.